The van der Waals surface area contributed by atoms with Gasteiger partial charge < -0.3 is 4.98 Å². The van der Waals surface area contributed by atoms with E-state index in [1.54, 1.807) is 25.3 Å². The van der Waals surface area contributed by atoms with Gasteiger partial charge in [0.15, 0.2) is 0 Å². The highest BCUT2D eigenvalue weighted by molar-refractivity contribution is 5.46. The maximum atomic E-state index is 10.3. The minimum Gasteiger partial charge on any atom is -0.329 e. The van der Waals surface area contributed by atoms with Gasteiger partial charge in [0.2, 0.25) is 5.56 Å². The van der Waals surface area contributed by atoms with E-state index in [4.69, 9.17) is 0 Å². The molecule has 0 unspecified atom stereocenters. The Labute approximate surface area is 113 Å². The van der Waals surface area contributed by atoms with E-state index in [-0.39, 0.29) is 16.9 Å². The number of H-pyrrole nitrogens is 1. The Kier molecular flexibility index (Phi) is 5.10. The summed E-state index contributed by atoms with van der Waals surface area (Å²) in [4.78, 5) is 32.0. The van der Waals surface area contributed by atoms with Gasteiger partial charge in [-0.05, 0) is 18.6 Å². The molecule has 0 saturated heterocycles. The number of nitrogens with zero attached hydrogens (tertiary/aromatic N) is 2. The summed E-state index contributed by atoms with van der Waals surface area (Å²) in [5, 5.41) is 20.6. The Morgan fingerprint density at radius 3 is 1.85 bits per heavy atom. The molecule has 1 N–H and O–H groups in total. The highest BCUT2D eigenvalue weighted by Crippen LogP contribution is 2.21. The van der Waals surface area contributed by atoms with Crippen LogP contribution in [0.25, 0.3) is 0 Å². The molecule has 1 aromatic carbocycles. The van der Waals surface area contributed by atoms with Crippen LogP contribution in [0.1, 0.15) is 5.56 Å². The zero-order valence-electron chi connectivity index (χ0n) is 10.5. The van der Waals surface area contributed by atoms with Gasteiger partial charge >= 0.3 is 0 Å². The van der Waals surface area contributed by atoms with Gasteiger partial charge in [0, 0.05) is 24.4 Å². The van der Waals surface area contributed by atoms with E-state index in [0.29, 0.717) is 5.56 Å². The van der Waals surface area contributed by atoms with Crippen molar-refractivity contribution in [3.8, 4) is 0 Å². The fourth-order valence-electron chi connectivity index (χ4n) is 1.33. The van der Waals surface area contributed by atoms with E-state index in [0.717, 1.165) is 6.07 Å². The number of aromatic amines is 1. The standard InChI is InChI=1S/C7H6N2O4.C5H5NO/c1-5-2-6(8(10)11)4-7(3-5)9(12)13;7-5-3-1-2-4-6-5/h2-4H,1H3;1-4H,(H,6,7). The Morgan fingerprint density at radius 1 is 1.00 bits per heavy atom. The number of hydrogen-bond donors (Lipinski definition) is 1. The van der Waals surface area contributed by atoms with Crippen LogP contribution in [-0.4, -0.2) is 14.8 Å². The fraction of sp³-hybridized carbons (Fsp3) is 0.0833. The summed E-state index contributed by atoms with van der Waals surface area (Å²) in [7, 11) is 0. The number of benzene rings is 1. The lowest BCUT2D eigenvalue weighted by atomic mass is 10.2. The van der Waals surface area contributed by atoms with Gasteiger partial charge in [0.05, 0.1) is 15.9 Å². The average molecular weight is 277 g/mol. The first-order valence-electron chi connectivity index (χ1n) is 5.44. The minimum atomic E-state index is -0.653. The van der Waals surface area contributed by atoms with Gasteiger partial charge in [0.25, 0.3) is 11.4 Å². The number of non-ortho nitro benzene ring substituents is 2. The first-order valence-corrected chi connectivity index (χ1v) is 5.44. The quantitative estimate of drug-likeness (QED) is 0.666. The van der Waals surface area contributed by atoms with Gasteiger partial charge in [-0.15, -0.1) is 0 Å². The molecule has 0 atom stereocenters. The maximum absolute atomic E-state index is 10.3. The number of aryl methyl sites for hydroxylation is 1. The summed E-state index contributed by atoms with van der Waals surface area (Å²) in [6, 6.07) is 8.44. The molecule has 2 rings (SSSR count). The Bertz CT molecular complexity index is 631. The predicted octanol–water partition coefficient (Wildman–Crippen LogP) is 2.19. The third kappa shape index (κ3) is 4.69. The smallest absolute Gasteiger partial charge is 0.276 e. The number of hydrogen-bond acceptors (Lipinski definition) is 5. The van der Waals surface area contributed by atoms with Gasteiger partial charge in [-0.25, -0.2) is 0 Å². The molecule has 0 spiro atoms. The molecule has 0 aliphatic heterocycles. The van der Waals surface area contributed by atoms with Crippen LogP contribution in [0, 0.1) is 27.2 Å². The van der Waals surface area contributed by atoms with Crippen molar-refractivity contribution in [3.05, 3.63) is 78.7 Å². The third-order valence-corrected chi connectivity index (χ3v) is 2.15. The average Bonchev–Trinajstić information content (AvgIpc) is 2.39. The largest absolute Gasteiger partial charge is 0.329 e. The van der Waals surface area contributed by atoms with Gasteiger partial charge in [-0.3, -0.25) is 25.0 Å². The van der Waals surface area contributed by atoms with Gasteiger partial charge in [-0.2, -0.15) is 0 Å². The van der Waals surface area contributed by atoms with E-state index in [1.807, 2.05) is 0 Å². The molecule has 0 amide bonds. The van der Waals surface area contributed by atoms with Crippen molar-refractivity contribution in [2.24, 2.45) is 0 Å². The summed E-state index contributed by atoms with van der Waals surface area (Å²) >= 11 is 0. The van der Waals surface area contributed by atoms with Crippen LogP contribution in [-0.2, 0) is 0 Å². The van der Waals surface area contributed by atoms with E-state index in [9.17, 15) is 25.0 Å². The highest BCUT2D eigenvalue weighted by Gasteiger charge is 2.14. The van der Waals surface area contributed by atoms with Gasteiger partial charge in [-0.1, -0.05) is 6.07 Å². The monoisotopic (exact) mass is 277 g/mol. The molecule has 0 radical (unpaired) electrons. The van der Waals surface area contributed by atoms with E-state index in [1.165, 1.54) is 18.2 Å². The molecule has 0 saturated carbocycles. The number of rotatable bonds is 2. The molecule has 104 valence electrons. The first kappa shape index (κ1) is 15.0. The molecule has 1 heterocycles. The second-order valence-corrected chi connectivity index (χ2v) is 3.77. The summed E-state index contributed by atoms with van der Waals surface area (Å²) in [5.41, 5.74) is -0.0678. The molecule has 20 heavy (non-hydrogen) atoms. The van der Waals surface area contributed by atoms with Crippen molar-refractivity contribution >= 4 is 11.4 Å². The normalized spacial score (nSPS) is 9.25. The van der Waals surface area contributed by atoms with E-state index < -0.39 is 9.85 Å². The molecular formula is C12H11N3O5. The lowest BCUT2D eigenvalue weighted by molar-refractivity contribution is -0.394. The molecule has 0 aliphatic rings. The molecule has 0 aliphatic carbocycles. The summed E-state index contributed by atoms with van der Waals surface area (Å²) in [6.45, 7) is 1.57. The number of aromatic nitrogens is 1. The molecule has 0 fully saturated rings. The van der Waals surface area contributed by atoms with E-state index >= 15 is 0 Å². The van der Waals surface area contributed by atoms with Crippen LogP contribution in [0.2, 0.25) is 0 Å². The Balaban J connectivity index is 0.000000240. The lowest BCUT2D eigenvalue weighted by Gasteiger charge is -1.94. The number of pyridine rings is 1. The third-order valence-electron chi connectivity index (χ3n) is 2.15. The van der Waals surface area contributed by atoms with Crippen molar-refractivity contribution in [1.82, 2.24) is 4.98 Å². The minimum absolute atomic E-state index is 0.0532. The van der Waals surface area contributed by atoms with Crippen LogP contribution in [0.5, 0.6) is 0 Å². The second kappa shape index (κ2) is 6.78. The first-order chi connectivity index (χ1) is 9.40. The maximum Gasteiger partial charge on any atom is 0.276 e. The molecule has 8 heteroatoms. The number of nitrogens with one attached hydrogen (secondary N) is 1. The molecule has 0 bridgehead atoms. The second-order valence-electron chi connectivity index (χ2n) is 3.77. The summed E-state index contributed by atoms with van der Waals surface area (Å²) < 4.78 is 0. The predicted molar refractivity (Wildman–Crippen MR) is 71.6 cm³/mol. The number of nitro benzene ring substituents is 2. The molecule has 8 nitrogen and oxygen atoms in total. The van der Waals surface area contributed by atoms with Crippen molar-refractivity contribution in [1.29, 1.82) is 0 Å². The Hall–Kier alpha value is -3.03. The van der Waals surface area contributed by atoms with Crippen LogP contribution >= 0.6 is 0 Å². The van der Waals surface area contributed by atoms with Crippen molar-refractivity contribution in [3.63, 3.8) is 0 Å². The number of nitro groups is 2. The fourth-order valence-corrected chi connectivity index (χ4v) is 1.33. The van der Waals surface area contributed by atoms with E-state index in [2.05, 4.69) is 4.98 Å². The zero-order chi connectivity index (χ0) is 15.1. The molecule has 1 aromatic heterocycles. The highest BCUT2D eigenvalue weighted by atomic mass is 16.6. The zero-order valence-corrected chi connectivity index (χ0v) is 10.5. The van der Waals surface area contributed by atoms with Crippen molar-refractivity contribution in [2.75, 3.05) is 0 Å². The Morgan fingerprint density at radius 2 is 1.55 bits per heavy atom. The van der Waals surface area contributed by atoms with Crippen molar-refractivity contribution < 1.29 is 9.85 Å². The van der Waals surface area contributed by atoms with Crippen LogP contribution in [0.15, 0.2) is 47.4 Å². The van der Waals surface area contributed by atoms with Gasteiger partial charge in [0.1, 0.15) is 0 Å². The summed E-state index contributed by atoms with van der Waals surface area (Å²) in [6.07, 6.45) is 1.60. The van der Waals surface area contributed by atoms with Crippen LogP contribution in [0.3, 0.4) is 0 Å². The van der Waals surface area contributed by atoms with Crippen molar-refractivity contribution in [2.45, 2.75) is 6.92 Å². The van der Waals surface area contributed by atoms with Crippen LogP contribution in [0.4, 0.5) is 11.4 Å². The molecular weight excluding hydrogens is 266 g/mol. The van der Waals surface area contributed by atoms with Crippen LogP contribution < -0.4 is 5.56 Å². The summed E-state index contributed by atoms with van der Waals surface area (Å²) in [5.74, 6) is 0. The topological polar surface area (TPSA) is 119 Å². The lowest BCUT2D eigenvalue weighted by Crippen LogP contribution is -1.98. The SMILES string of the molecule is Cc1cc([N+](=O)[O-])cc([N+](=O)[O-])c1.O=c1cccc[nH]1. The molecule has 2 aromatic rings.